The molecule has 0 spiro atoms. The highest BCUT2D eigenvalue weighted by molar-refractivity contribution is 5.33. The summed E-state index contributed by atoms with van der Waals surface area (Å²) in [4.78, 5) is 6.62. The maximum Gasteiger partial charge on any atom is 0.122 e. The molecule has 28 heavy (non-hydrogen) atoms. The van der Waals surface area contributed by atoms with Crippen LogP contribution >= 0.6 is 0 Å². The lowest BCUT2D eigenvalue weighted by molar-refractivity contribution is -0.0164. The minimum absolute atomic E-state index is 0.112. The molecule has 0 unspecified atom stereocenters. The number of fused-ring (bicyclic) bond motifs is 1. The first-order valence-corrected chi connectivity index (χ1v) is 10.5. The van der Waals surface area contributed by atoms with E-state index in [1.165, 1.54) is 11.3 Å². The lowest BCUT2D eigenvalue weighted by Crippen LogP contribution is -2.36. The van der Waals surface area contributed by atoms with Gasteiger partial charge in [0, 0.05) is 25.8 Å². The molecule has 2 N–H and O–H groups in total. The van der Waals surface area contributed by atoms with Crippen LogP contribution in [0.1, 0.15) is 43.9 Å². The first-order chi connectivity index (χ1) is 13.7. The highest BCUT2D eigenvalue weighted by Crippen LogP contribution is 2.21. The number of aliphatic hydroxyl groups excluding tert-OH is 2. The molecular weight excluding hydrogens is 354 g/mol. The van der Waals surface area contributed by atoms with Crippen molar-refractivity contribution in [3.8, 4) is 5.75 Å². The van der Waals surface area contributed by atoms with Crippen molar-refractivity contribution in [2.75, 3.05) is 19.7 Å². The number of hydrogen-bond acceptors (Lipinski definition) is 5. The number of hydrogen-bond donors (Lipinski definition) is 2. The predicted octanol–water partition coefficient (Wildman–Crippen LogP) is 2.62. The Bertz CT molecular complexity index is 719. The van der Waals surface area contributed by atoms with Gasteiger partial charge in [-0.05, 0) is 50.8 Å². The van der Waals surface area contributed by atoms with Gasteiger partial charge in [-0.3, -0.25) is 4.90 Å². The monoisotopic (exact) mass is 387 g/mol. The summed E-state index contributed by atoms with van der Waals surface area (Å²) in [5.41, 5.74) is 2.36. The fourth-order valence-electron chi connectivity index (χ4n) is 3.74. The van der Waals surface area contributed by atoms with E-state index in [4.69, 9.17) is 4.74 Å². The van der Waals surface area contributed by atoms with E-state index < -0.39 is 12.2 Å². The third-order valence-electron chi connectivity index (χ3n) is 5.51. The molecule has 1 aromatic carbocycles. The molecule has 2 atom stereocenters. The van der Waals surface area contributed by atoms with Crippen LogP contribution in [0.15, 0.2) is 36.8 Å². The maximum atomic E-state index is 10.4. The van der Waals surface area contributed by atoms with E-state index in [0.717, 1.165) is 57.6 Å². The SMILES string of the molecule is CCn1cncc1CN1CCCCCc2ccccc2OC[C@@H](O)[C@@H](O)CC1. The smallest absolute Gasteiger partial charge is 0.122 e. The van der Waals surface area contributed by atoms with Crippen molar-refractivity contribution in [3.63, 3.8) is 0 Å². The van der Waals surface area contributed by atoms with Crippen LogP contribution in [-0.4, -0.2) is 56.6 Å². The second kappa shape index (κ2) is 10.6. The summed E-state index contributed by atoms with van der Waals surface area (Å²) in [5.74, 6) is 0.820. The molecule has 0 bridgehead atoms. The number of ether oxygens (including phenoxy) is 1. The van der Waals surface area contributed by atoms with Gasteiger partial charge in [0.25, 0.3) is 0 Å². The zero-order valence-corrected chi connectivity index (χ0v) is 16.8. The molecule has 1 aromatic heterocycles. The van der Waals surface area contributed by atoms with Gasteiger partial charge in [-0.15, -0.1) is 0 Å². The van der Waals surface area contributed by atoms with Crippen LogP contribution in [0.5, 0.6) is 5.75 Å². The number of para-hydroxylation sites is 1. The minimum atomic E-state index is -0.890. The van der Waals surface area contributed by atoms with Gasteiger partial charge in [0.05, 0.1) is 18.1 Å². The van der Waals surface area contributed by atoms with E-state index in [2.05, 4.69) is 27.4 Å². The second-order valence-electron chi connectivity index (χ2n) is 7.60. The van der Waals surface area contributed by atoms with Gasteiger partial charge >= 0.3 is 0 Å². The molecule has 0 saturated carbocycles. The highest BCUT2D eigenvalue weighted by atomic mass is 16.5. The Morgan fingerprint density at radius 3 is 2.82 bits per heavy atom. The molecule has 0 radical (unpaired) electrons. The van der Waals surface area contributed by atoms with Crippen LogP contribution in [0.3, 0.4) is 0 Å². The zero-order chi connectivity index (χ0) is 19.8. The fraction of sp³-hybridized carbons (Fsp3) is 0.591. The van der Waals surface area contributed by atoms with Gasteiger partial charge in [-0.2, -0.15) is 0 Å². The van der Waals surface area contributed by atoms with Crippen LogP contribution in [-0.2, 0) is 19.5 Å². The summed E-state index contributed by atoms with van der Waals surface area (Å²) in [7, 11) is 0. The van der Waals surface area contributed by atoms with E-state index in [0.29, 0.717) is 6.42 Å². The van der Waals surface area contributed by atoms with Crippen LogP contribution in [0.4, 0.5) is 0 Å². The number of aryl methyl sites for hydroxylation is 2. The molecule has 154 valence electrons. The normalized spacial score (nSPS) is 22.8. The molecule has 0 aliphatic carbocycles. The average Bonchev–Trinajstić information content (AvgIpc) is 3.16. The Kier molecular flexibility index (Phi) is 7.89. The number of nitrogens with zero attached hydrogens (tertiary/aromatic N) is 3. The van der Waals surface area contributed by atoms with Gasteiger partial charge in [-0.25, -0.2) is 4.98 Å². The summed E-state index contributed by atoms with van der Waals surface area (Å²) in [6, 6.07) is 8.00. The number of rotatable bonds is 3. The maximum absolute atomic E-state index is 10.4. The molecule has 6 heteroatoms. The summed E-state index contributed by atoms with van der Waals surface area (Å²) in [5, 5.41) is 20.7. The number of aromatic nitrogens is 2. The highest BCUT2D eigenvalue weighted by Gasteiger charge is 2.20. The Hall–Kier alpha value is -1.89. The number of benzene rings is 1. The Morgan fingerprint density at radius 1 is 1.11 bits per heavy atom. The molecule has 0 amide bonds. The van der Waals surface area contributed by atoms with Gasteiger partial charge in [0.15, 0.2) is 0 Å². The molecule has 1 aliphatic heterocycles. The lowest BCUT2D eigenvalue weighted by atomic mass is 10.0. The van der Waals surface area contributed by atoms with Crippen molar-refractivity contribution >= 4 is 0 Å². The predicted molar refractivity (Wildman–Crippen MR) is 109 cm³/mol. The van der Waals surface area contributed by atoms with Crippen LogP contribution in [0, 0.1) is 0 Å². The molecular formula is C22H33N3O3. The Balaban J connectivity index is 1.66. The lowest BCUT2D eigenvalue weighted by Gasteiger charge is -2.26. The van der Waals surface area contributed by atoms with Crippen LogP contribution in [0.2, 0.25) is 0 Å². The van der Waals surface area contributed by atoms with Crippen molar-refractivity contribution in [1.82, 2.24) is 14.5 Å². The van der Waals surface area contributed by atoms with Crippen LogP contribution < -0.4 is 4.74 Å². The fourth-order valence-corrected chi connectivity index (χ4v) is 3.74. The summed E-state index contributed by atoms with van der Waals surface area (Å²) in [6.45, 7) is 5.67. The van der Waals surface area contributed by atoms with Gasteiger partial charge in [-0.1, -0.05) is 24.6 Å². The van der Waals surface area contributed by atoms with Crippen molar-refractivity contribution in [1.29, 1.82) is 0 Å². The largest absolute Gasteiger partial charge is 0.491 e. The Morgan fingerprint density at radius 2 is 1.96 bits per heavy atom. The minimum Gasteiger partial charge on any atom is -0.491 e. The molecule has 2 heterocycles. The quantitative estimate of drug-likeness (QED) is 0.847. The van der Waals surface area contributed by atoms with Crippen LogP contribution in [0.25, 0.3) is 0 Å². The topological polar surface area (TPSA) is 70.8 Å². The summed E-state index contributed by atoms with van der Waals surface area (Å²) in [6.07, 6.45) is 6.98. The third kappa shape index (κ3) is 5.80. The van der Waals surface area contributed by atoms with Crippen molar-refractivity contribution in [2.45, 2.75) is 64.3 Å². The van der Waals surface area contributed by atoms with Crippen molar-refractivity contribution < 1.29 is 14.9 Å². The van der Waals surface area contributed by atoms with E-state index >= 15 is 0 Å². The van der Waals surface area contributed by atoms with E-state index in [-0.39, 0.29) is 6.61 Å². The zero-order valence-electron chi connectivity index (χ0n) is 16.8. The van der Waals surface area contributed by atoms with Gasteiger partial charge in [0.2, 0.25) is 0 Å². The molecule has 0 fully saturated rings. The molecule has 3 rings (SSSR count). The third-order valence-corrected chi connectivity index (χ3v) is 5.51. The average molecular weight is 388 g/mol. The first kappa shape index (κ1) is 20.8. The standard InChI is InChI=1S/C22H33N3O3/c1-2-25-17-23-14-19(25)15-24-12-7-3-4-8-18-9-5-6-10-22(18)28-16-21(27)20(26)11-13-24/h5-6,9-10,14,17,20-21,26-27H,2-4,7-8,11-13,15-16H2,1H3/t20-,21+/m0/s1. The van der Waals surface area contributed by atoms with Crippen molar-refractivity contribution in [3.05, 3.63) is 48.0 Å². The molecule has 0 saturated heterocycles. The number of imidazole rings is 1. The first-order valence-electron chi connectivity index (χ1n) is 10.5. The van der Waals surface area contributed by atoms with E-state index in [1.807, 2.05) is 30.7 Å². The summed E-state index contributed by atoms with van der Waals surface area (Å²) >= 11 is 0. The summed E-state index contributed by atoms with van der Waals surface area (Å²) < 4.78 is 7.98. The second-order valence-corrected chi connectivity index (χ2v) is 7.60. The van der Waals surface area contributed by atoms with E-state index in [9.17, 15) is 10.2 Å². The molecule has 6 nitrogen and oxygen atoms in total. The van der Waals surface area contributed by atoms with Gasteiger partial charge in [0.1, 0.15) is 18.5 Å². The van der Waals surface area contributed by atoms with Crippen molar-refractivity contribution in [2.24, 2.45) is 0 Å². The number of aliphatic hydroxyl groups is 2. The molecule has 1 aliphatic rings. The Labute approximate surface area is 167 Å². The molecule has 2 aromatic rings. The van der Waals surface area contributed by atoms with E-state index in [1.54, 1.807) is 0 Å². The van der Waals surface area contributed by atoms with Gasteiger partial charge < -0.3 is 19.5 Å².